The number of nitrogens with zero attached hydrogens (tertiary/aromatic N) is 2. The fourth-order valence-corrected chi connectivity index (χ4v) is 4.12. The summed E-state index contributed by atoms with van der Waals surface area (Å²) < 4.78 is 33.8. The Balaban J connectivity index is 1.61. The third-order valence-electron chi connectivity index (χ3n) is 5.74. The molecule has 1 aromatic rings. The molecule has 0 amide bonds. The highest BCUT2D eigenvalue weighted by Crippen LogP contribution is 2.33. The Morgan fingerprint density at radius 2 is 2.03 bits per heavy atom. The number of hydrogen-bond donors (Lipinski definition) is 1. The van der Waals surface area contributed by atoms with Gasteiger partial charge in [-0.2, -0.15) is 5.26 Å². The van der Waals surface area contributed by atoms with Gasteiger partial charge in [0.25, 0.3) is 0 Å². The van der Waals surface area contributed by atoms with Crippen molar-refractivity contribution >= 4 is 11.5 Å². The fraction of sp³-hybridized carbons (Fsp3) is 0.500. The molecule has 1 fully saturated rings. The summed E-state index contributed by atoms with van der Waals surface area (Å²) in [4.78, 5) is 13.2. The maximum Gasteiger partial charge on any atom is 0.334 e. The van der Waals surface area contributed by atoms with Gasteiger partial charge in [0.1, 0.15) is 23.3 Å². The fourth-order valence-electron chi connectivity index (χ4n) is 4.12. The molecule has 2 aliphatic rings. The van der Waals surface area contributed by atoms with Gasteiger partial charge in [-0.1, -0.05) is 6.07 Å². The van der Waals surface area contributed by atoms with Gasteiger partial charge in [-0.15, -0.1) is 0 Å². The maximum atomic E-state index is 14.0. The van der Waals surface area contributed by atoms with Crippen LogP contribution in [0.5, 0.6) is 5.75 Å². The van der Waals surface area contributed by atoms with E-state index in [1.165, 1.54) is 6.08 Å². The number of hydrogen-bond acceptors (Lipinski definition) is 4. The van der Waals surface area contributed by atoms with Gasteiger partial charge in [-0.25, -0.2) is 13.6 Å². The third-order valence-corrected chi connectivity index (χ3v) is 5.74. The number of alkyl halides is 1. The van der Waals surface area contributed by atoms with E-state index in [4.69, 9.17) is 9.84 Å². The molecule has 0 radical (unpaired) electrons. The zero-order chi connectivity index (χ0) is 22.6. The van der Waals surface area contributed by atoms with E-state index in [1.54, 1.807) is 32.0 Å². The minimum atomic E-state index is -1.24. The van der Waals surface area contributed by atoms with Gasteiger partial charge >= 0.3 is 5.97 Å². The first-order chi connectivity index (χ1) is 14.7. The van der Waals surface area contributed by atoms with Crippen LogP contribution in [-0.4, -0.2) is 47.9 Å². The largest absolute Gasteiger partial charge is 0.492 e. The molecule has 0 saturated carbocycles. The molecule has 166 valence electrons. The van der Waals surface area contributed by atoms with Crippen molar-refractivity contribution in [2.24, 2.45) is 5.92 Å². The van der Waals surface area contributed by atoms with E-state index in [2.05, 4.69) is 11.0 Å². The van der Waals surface area contributed by atoms with Gasteiger partial charge in [-0.05, 0) is 87.9 Å². The number of piperidine rings is 1. The molecule has 5 nitrogen and oxygen atoms in total. The Morgan fingerprint density at radius 1 is 1.32 bits per heavy atom. The molecule has 0 atom stereocenters. The average Bonchev–Trinajstić information content (AvgIpc) is 2.71. The molecular formula is C24H28F2N2O3. The van der Waals surface area contributed by atoms with Crippen molar-refractivity contribution in [3.05, 3.63) is 46.8 Å². The quantitative estimate of drug-likeness (QED) is 0.667. The Bertz CT molecular complexity index is 933. The molecule has 1 aliphatic carbocycles. The molecule has 7 heteroatoms. The smallest absolute Gasteiger partial charge is 0.334 e. The standard InChI is InChI=1S/C24H28F2N2O3/c1-24(2,26)15-28-9-7-16(8-10-28)14-31-22-6-4-17(11-19(22)13-27)18-3-5-20(23(29)30)21(25)12-18/h4,6,11-12,16H,3,5,7-10,14-15H2,1-2H3,(H,29,30). The van der Waals surface area contributed by atoms with Crippen molar-refractivity contribution in [2.75, 3.05) is 26.2 Å². The number of rotatable bonds is 7. The molecule has 1 heterocycles. The van der Waals surface area contributed by atoms with Crippen LogP contribution in [0.15, 0.2) is 35.7 Å². The topological polar surface area (TPSA) is 73.6 Å². The number of carboxylic acids is 1. The number of aliphatic carboxylic acids is 1. The lowest BCUT2D eigenvalue weighted by atomic mass is 9.91. The van der Waals surface area contributed by atoms with E-state index in [-0.39, 0.29) is 12.0 Å². The number of likely N-dealkylation sites (tertiary alicyclic amines) is 1. The second-order valence-corrected chi connectivity index (χ2v) is 8.87. The van der Waals surface area contributed by atoms with Crippen LogP contribution in [0.4, 0.5) is 8.78 Å². The van der Waals surface area contributed by atoms with Crippen LogP contribution in [0, 0.1) is 17.2 Å². The normalized spacial score (nSPS) is 18.5. The SMILES string of the molecule is CC(C)(F)CN1CCC(COc2ccc(C3=CC(F)=C(C(=O)O)CC3)cc2C#N)CC1. The van der Waals surface area contributed by atoms with Gasteiger partial charge in [0.2, 0.25) is 0 Å². The van der Waals surface area contributed by atoms with E-state index in [1.807, 2.05) is 0 Å². The van der Waals surface area contributed by atoms with Crippen molar-refractivity contribution in [2.45, 2.75) is 45.2 Å². The van der Waals surface area contributed by atoms with Crippen molar-refractivity contribution in [3.63, 3.8) is 0 Å². The second kappa shape index (κ2) is 9.61. The van der Waals surface area contributed by atoms with Gasteiger partial charge in [-0.3, -0.25) is 0 Å². The molecular weight excluding hydrogens is 402 g/mol. The monoisotopic (exact) mass is 430 g/mol. The van der Waals surface area contributed by atoms with Gasteiger partial charge in [0, 0.05) is 6.54 Å². The number of carbonyl (C=O) groups is 1. The minimum Gasteiger partial charge on any atom is -0.492 e. The summed E-state index contributed by atoms with van der Waals surface area (Å²) in [5, 5.41) is 18.5. The zero-order valence-electron chi connectivity index (χ0n) is 18.0. The van der Waals surface area contributed by atoms with E-state index < -0.39 is 17.5 Å². The van der Waals surface area contributed by atoms with E-state index in [9.17, 15) is 18.8 Å². The van der Waals surface area contributed by atoms with Crippen LogP contribution in [0.2, 0.25) is 0 Å². The first kappa shape index (κ1) is 23.0. The summed E-state index contributed by atoms with van der Waals surface area (Å²) in [6.45, 7) is 5.76. The van der Waals surface area contributed by atoms with Crippen molar-refractivity contribution in [3.8, 4) is 11.8 Å². The second-order valence-electron chi connectivity index (χ2n) is 8.87. The zero-order valence-corrected chi connectivity index (χ0v) is 18.0. The number of nitriles is 1. The lowest BCUT2D eigenvalue weighted by Crippen LogP contribution is -2.41. The number of benzene rings is 1. The molecule has 0 bridgehead atoms. The van der Waals surface area contributed by atoms with E-state index >= 15 is 0 Å². The highest BCUT2D eigenvalue weighted by atomic mass is 19.1. The molecule has 0 aromatic heterocycles. The third kappa shape index (κ3) is 6.14. The van der Waals surface area contributed by atoms with E-state index in [0.29, 0.717) is 47.9 Å². The van der Waals surface area contributed by atoms with Crippen molar-refractivity contribution in [1.82, 2.24) is 4.90 Å². The van der Waals surface area contributed by atoms with Gasteiger partial charge < -0.3 is 14.7 Å². The maximum absolute atomic E-state index is 14.0. The first-order valence-electron chi connectivity index (χ1n) is 10.6. The number of carboxylic acid groups (broad SMARTS) is 1. The van der Waals surface area contributed by atoms with Crippen LogP contribution >= 0.6 is 0 Å². The summed E-state index contributed by atoms with van der Waals surface area (Å²) in [7, 11) is 0. The predicted octanol–water partition coefficient (Wildman–Crippen LogP) is 4.88. The molecule has 1 aromatic carbocycles. The van der Waals surface area contributed by atoms with Crippen LogP contribution in [-0.2, 0) is 4.79 Å². The van der Waals surface area contributed by atoms with Crippen LogP contribution in [0.3, 0.4) is 0 Å². The lowest BCUT2D eigenvalue weighted by Gasteiger charge is -2.34. The molecule has 3 rings (SSSR count). The van der Waals surface area contributed by atoms with Crippen LogP contribution in [0.1, 0.15) is 50.7 Å². The Labute approximate surface area is 181 Å². The molecule has 1 N–H and O–H groups in total. The van der Waals surface area contributed by atoms with Crippen molar-refractivity contribution in [1.29, 1.82) is 5.26 Å². The highest BCUT2D eigenvalue weighted by Gasteiger charge is 2.26. The van der Waals surface area contributed by atoms with E-state index in [0.717, 1.165) is 25.9 Å². The Hall–Kier alpha value is -2.72. The summed E-state index contributed by atoms with van der Waals surface area (Å²) in [6.07, 6.45) is 3.58. The molecule has 31 heavy (non-hydrogen) atoms. The highest BCUT2D eigenvalue weighted by molar-refractivity contribution is 5.90. The summed E-state index contributed by atoms with van der Waals surface area (Å²) >= 11 is 0. The van der Waals surface area contributed by atoms with Crippen LogP contribution in [0.25, 0.3) is 5.57 Å². The summed E-state index contributed by atoms with van der Waals surface area (Å²) in [5.74, 6) is -1.15. The summed E-state index contributed by atoms with van der Waals surface area (Å²) in [5.41, 5.74) is 0.294. The molecule has 0 unspecified atom stereocenters. The van der Waals surface area contributed by atoms with Gasteiger partial charge in [0.15, 0.2) is 0 Å². The Morgan fingerprint density at radius 3 is 2.61 bits per heavy atom. The lowest BCUT2D eigenvalue weighted by molar-refractivity contribution is -0.132. The molecule has 1 aliphatic heterocycles. The van der Waals surface area contributed by atoms with Crippen LogP contribution < -0.4 is 4.74 Å². The minimum absolute atomic E-state index is 0.116. The van der Waals surface area contributed by atoms with Crippen molar-refractivity contribution < 1.29 is 23.4 Å². The molecule has 0 spiro atoms. The summed E-state index contributed by atoms with van der Waals surface area (Å²) in [6, 6.07) is 7.27. The number of halogens is 2. The predicted molar refractivity (Wildman–Crippen MR) is 114 cm³/mol. The number of ether oxygens (including phenoxy) is 1. The average molecular weight is 430 g/mol. The first-order valence-corrected chi connectivity index (χ1v) is 10.6. The van der Waals surface area contributed by atoms with Gasteiger partial charge in [0.05, 0.1) is 17.7 Å². The number of allylic oxidation sites excluding steroid dienone is 3. The Kier molecular flexibility index (Phi) is 7.11. The molecule has 1 saturated heterocycles.